The molecule has 3 aromatic rings. The summed E-state index contributed by atoms with van der Waals surface area (Å²) < 4.78 is 5.81. The maximum absolute atomic E-state index is 12.4. The fraction of sp³-hybridized carbons (Fsp3) is 0.387. The summed E-state index contributed by atoms with van der Waals surface area (Å²) in [4.78, 5) is 34.3. The summed E-state index contributed by atoms with van der Waals surface area (Å²) in [5.74, 6) is 1.58. The Kier molecular flexibility index (Phi) is 9.52. The van der Waals surface area contributed by atoms with Crippen LogP contribution in [0.3, 0.4) is 0 Å². The third-order valence-electron chi connectivity index (χ3n) is 7.57. The number of amides is 1. The van der Waals surface area contributed by atoms with Crippen LogP contribution in [0.4, 0.5) is 28.7 Å². The highest BCUT2D eigenvalue weighted by Gasteiger charge is 2.29. The van der Waals surface area contributed by atoms with Gasteiger partial charge >= 0.3 is 0 Å². The number of piperazine rings is 1. The Labute approximate surface area is 247 Å². The zero-order valence-corrected chi connectivity index (χ0v) is 24.6. The summed E-state index contributed by atoms with van der Waals surface area (Å²) in [7, 11) is 5.83. The van der Waals surface area contributed by atoms with Crippen molar-refractivity contribution in [2.45, 2.75) is 12.5 Å². The number of likely N-dealkylation sites (N-methyl/N-ethyl adjacent to an activating group) is 1. The van der Waals surface area contributed by atoms with E-state index < -0.39 is 0 Å². The first-order valence-corrected chi connectivity index (χ1v) is 14.3. The Hall–Kier alpha value is -4.19. The number of aromatic nitrogens is 2. The molecule has 1 atom stereocenters. The van der Waals surface area contributed by atoms with E-state index in [-0.39, 0.29) is 11.9 Å². The van der Waals surface area contributed by atoms with Crippen molar-refractivity contribution in [3.05, 3.63) is 73.1 Å². The van der Waals surface area contributed by atoms with E-state index in [1.54, 1.807) is 7.11 Å². The zero-order valence-electron chi connectivity index (χ0n) is 24.6. The van der Waals surface area contributed by atoms with Crippen molar-refractivity contribution in [2.75, 3.05) is 87.7 Å². The molecule has 0 aliphatic carbocycles. The lowest BCUT2D eigenvalue weighted by atomic mass is 10.0. The minimum atomic E-state index is -0.278. The van der Waals surface area contributed by atoms with Gasteiger partial charge in [0.25, 0.3) is 0 Å². The van der Waals surface area contributed by atoms with E-state index in [0.29, 0.717) is 35.4 Å². The Morgan fingerprint density at radius 3 is 2.62 bits per heavy atom. The lowest BCUT2D eigenvalue weighted by Crippen LogP contribution is -2.48. The van der Waals surface area contributed by atoms with Crippen molar-refractivity contribution in [3.63, 3.8) is 0 Å². The number of ether oxygens (including phenoxy) is 1. The number of carbonyl (C=O) groups is 1. The molecule has 1 amide bonds. The van der Waals surface area contributed by atoms with Crippen LogP contribution in [-0.4, -0.2) is 92.8 Å². The summed E-state index contributed by atoms with van der Waals surface area (Å²) in [5, 5.41) is 8.21. The quantitative estimate of drug-likeness (QED) is 0.329. The van der Waals surface area contributed by atoms with Gasteiger partial charge in [0.2, 0.25) is 5.91 Å². The van der Waals surface area contributed by atoms with Gasteiger partial charge in [0.05, 0.1) is 36.8 Å². The maximum atomic E-state index is 12.4. The highest BCUT2D eigenvalue weighted by Crippen LogP contribution is 2.40. The van der Waals surface area contributed by atoms with E-state index in [0.717, 1.165) is 51.4 Å². The monoisotopic (exact) mass is 572 g/mol. The Bertz CT molecular complexity index is 1360. The highest BCUT2D eigenvalue weighted by atomic mass is 16.7. The van der Waals surface area contributed by atoms with Gasteiger partial charge in [0, 0.05) is 57.8 Å². The highest BCUT2D eigenvalue weighted by molar-refractivity contribution is 6.02. The molecule has 2 saturated heterocycles. The SMILES string of the molecule is C=CC(=O)Nc1cc(Nc2cc(N3OCCC3c3ccccc3)ncn2)c(OC)cc1N1CCN(CCN(C)C)CC1. The van der Waals surface area contributed by atoms with Crippen LogP contribution in [-0.2, 0) is 9.63 Å². The van der Waals surface area contributed by atoms with E-state index in [4.69, 9.17) is 9.57 Å². The average molecular weight is 573 g/mol. The maximum Gasteiger partial charge on any atom is 0.247 e. The number of methoxy groups -OCH3 is 1. The van der Waals surface area contributed by atoms with Crippen LogP contribution in [0.2, 0.25) is 0 Å². The summed E-state index contributed by atoms with van der Waals surface area (Å²) in [6.45, 7) is 9.86. The largest absolute Gasteiger partial charge is 0.494 e. The third-order valence-corrected chi connectivity index (χ3v) is 7.57. The minimum absolute atomic E-state index is 0.0619. The number of hydrogen-bond acceptors (Lipinski definition) is 10. The van der Waals surface area contributed by atoms with Crippen molar-refractivity contribution >= 4 is 34.6 Å². The standard InChI is InChI=1S/C31H40N8O3/c1-5-31(40)35-24-19-25(28(41-4)20-27(24)38-16-14-37(15-17-38)13-12-36(2)3)34-29-21-30(33-22-32-29)39-26(11-18-42-39)23-9-7-6-8-10-23/h5-10,19-22,26H,1,11-18H2,2-4H3,(H,35,40)(H,32,33,34). The first-order chi connectivity index (χ1) is 20.4. The van der Waals surface area contributed by atoms with Gasteiger partial charge in [-0.05, 0) is 31.8 Å². The predicted molar refractivity (Wildman–Crippen MR) is 167 cm³/mol. The van der Waals surface area contributed by atoms with E-state index in [1.807, 2.05) is 41.5 Å². The number of benzene rings is 2. The summed E-state index contributed by atoms with van der Waals surface area (Å²) in [5.41, 5.74) is 3.41. The summed E-state index contributed by atoms with van der Waals surface area (Å²) in [6, 6.07) is 16.0. The molecule has 0 saturated carbocycles. The van der Waals surface area contributed by atoms with Gasteiger partial charge in [-0.15, -0.1) is 0 Å². The lowest BCUT2D eigenvalue weighted by molar-refractivity contribution is -0.111. The molecule has 42 heavy (non-hydrogen) atoms. The van der Waals surface area contributed by atoms with Gasteiger partial charge < -0.3 is 25.2 Å². The smallest absolute Gasteiger partial charge is 0.247 e. The number of nitrogens with one attached hydrogen (secondary N) is 2. The predicted octanol–water partition coefficient (Wildman–Crippen LogP) is 3.92. The second-order valence-electron chi connectivity index (χ2n) is 10.7. The molecule has 1 unspecified atom stereocenters. The Morgan fingerprint density at radius 2 is 1.90 bits per heavy atom. The van der Waals surface area contributed by atoms with E-state index >= 15 is 0 Å². The van der Waals surface area contributed by atoms with Crippen LogP contribution in [0.25, 0.3) is 0 Å². The van der Waals surface area contributed by atoms with Crippen LogP contribution < -0.4 is 25.3 Å². The number of carbonyl (C=O) groups excluding carboxylic acids is 1. The van der Waals surface area contributed by atoms with E-state index in [2.05, 4.69) is 68.1 Å². The summed E-state index contributed by atoms with van der Waals surface area (Å²) >= 11 is 0. The second-order valence-corrected chi connectivity index (χ2v) is 10.7. The fourth-order valence-corrected chi connectivity index (χ4v) is 5.28. The first kappa shape index (κ1) is 29.3. The number of hydrogen-bond donors (Lipinski definition) is 2. The fourth-order valence-electron chi connectivity index (χ4n) is 5.28. The molecule has 0 radical (unpaired) electrons. The number of anilines is 5. The average Bonchev–Trinajstić information content (AvgIpc) is 3.51. The molecule has 2 fully saturated rings. The van der Waals surface area contributed by atoms with Crippen molar-refractivity contribution < 1.29 is 14.4 Å². The first-order valence-electron chi connectivity index (χ1n) is 14.3. The Balaban J connectivity index is 1.38. The molecular formula is C31H40N8O3. The molecule has 5 rings (SSSR count). The van der Waals surface area contributed by atoms with Crippen molar-refractivity contribution in [2.24, 2.45) is 0 Å². The molecule has 2 N–H and O–H groups in total. The van der Waals surface area contributed by atoms with E-state index in [9.17, 15) is 4.79 Å². The molecule has 3 heterocycles. The van der Waals surface area contributed by atoms with Gasteiger partial charge in [-0.1, -0.05) is 36.9 Å². The molecule has 222 valence electrons. The molecule has 11 nitrogen and oxygen atoms in total. The molecule has 2 aliphatic heterocycles. The van der Waals surface area contributed by atoms with Crippen LogP contribution in [0, 0.1) is 0 Å². The lowest BCUT2D eigenvalue weighted by Gasteiger charge is -2.37. The number of hydroxylamine groups is 1. The van der Waals surface area contributed by atoms with Crippen LogP contribution >= 0.6 is 0 Å². The van der Waals surface area contributed by atoms with Gasteiger partial charge in [-0.2, -0.15) is 0 Å². The van der Waals surface area contributed by atoms with Gasteiger partial charge in [0.1, 0.15) is 17.9 Å². The van der Waals surface area contributed by atoms with Gasteiger partial charge in [-0.25, -0.2) is 15.0 Å². The Morgan fingerprint density at radius 1 is 1.12 bits per heavy atom. The topological polar surface area (TPSA) is 98.3 Å². The molecule has 2 aliphatic rings. The second kappa shape index (κ2) is 13.6. The molecule has 1 aromatic heterocycles. The van der Waals surface area contributed by atoms with Crippen LogP contribution in [0.15, 0.2) is 67.5 Å². The third kappa shape index (κ3) is 6.99. The van der Waals surface area contributed by atoms with Gasteiger partial charge in [-0.3, -0.25) is 14.5 Å². The minimum Gasteiger partial charge on any atom is -0.494 e. The van der Waals surface area contributed by atoms with Gasteiger partial charge in [0.15, 0.2) is 5.82 Å². The molecule has 0 bridgehead atoms. The molecule has 0 spiro atoms. The molecule has 2 aromatic carbocycles. The van der Waals surface area contributed by atoms with Crippen LogP contribution in [0.5, 0.6) is 5.75 Å². The summed E-state index contributed by atoms with van der Waals surface area (Å²) in [6.07, 6.45) is 3.65. The van der Waals surface area contributed by atoms with E-state index in [1.165, 1.54) is 18.0 Å². The zero-order chi connectivity index (χ0) is 29.5. The normalized spacial score (nSPS) is 17.4. The van der Waals surface area contributed by atoms with Crippen molar-refractivity contribution in [1.82, 2.24) is 19.8 Å². The number of rotatable bonds is 11. The molecular weight excluding hydrogens is 532 g/mol. The van der Waals surface area contributed by atoms with Crippen molar-refractivity contribution in [3.8, 4) is 5.75 Å². The van der Waals surface area contributed by atoms with Crippen LogP contribution in [0.1, 0.15) is 18.0 Å². The number of nitrogens with zero attached hydrogens (tertiary/aromatic N) is 6. The van der Waals surface area contributed by atoms with Crippen molar-refractivity contribution in [1.29, 1.82) is 0 Å². The molecule has 11 heteroatoms.